The van der Waals surface area contributed by atoms with E-state index in [0.29, 0.717) is 31.4 Å². The first-order chi connectivity index (χ1) is 9.03. The number of pyridine rings is 1. The van der Waals surface area contributed by atoms with Crippen molar-refractivity contribution in [2.45, 2.75) is 31.7 Å². The van der Waals surface area contributed by atoms with Gasteiger partial charge < -0.3 is 10.0 Å². The predicted molar refractivity (Wildman–Crippen MR) is 70.2 cm³/mol. The van der Waals surface area contributed by atoms with Gasteiger partial charge in [-0.05, 0) is 25.3 Å². The Labute approximate surface area is 116 Å². The Balaban J connectivity index is 2.38. The van der Waals surface area contributed by atoms with Crippen molar-refractivity contribution in [3.05, 3.63) is 29.0 Å². The van der Waals surface area contributed by atoms with E-state index in [2.05, 4.69) is 4.98 Å². The van der Waals surface area contributed by atoms with Gasteiger partial charge in [-0.15, -0.1) is 0 Å². The van der Waals surface area contributed by atoms with Crippen LogP contribution in [0.5, 0.6) is 0 Å². The third kappa shape index (κ3) is 2.18. The lowest BCUT2D eigenvalue weighted by molar-refractivity contribution is -0.148. The highest BCUT2D eigenvalue weighted by Crippen LogP contribution is 2.34. The number of carbonyl (C=O) groups excluding carboxylic acids is 1. The van der Waals surface area contributed by atoms with Crippen molar-refractivity contribution in [3.63, 3.8) is 0 Å². The van der Waals surface area contributed by atoms with Crippen LogP contribution in [0.4, 0.5) is 0 Å². The van der Waals surface area contributed by atoms with E-state index in [1.165, 1.54) is 23.4 Å². The summed E-state index contributed by atoms with van der Waals surface area (Å²) < 4.78 is 0. The number of amides is 1. The molecule has 1 fully saturated rings. The fourth-order valence-corrected chi connectivity index (χ4v) is 2.81. The Bertz CT molecular complexity index is 520. The molecule has 1 aliphatic heterocycles. The van der Waals surface area contributed by atoms with Crippen molar-refractivity contribution in [1.82, 2.24) is 9.88 Å². The van der Waals surface area contributed by atoms with Crippen molar-refractivity contribution >= 4 is 23.5 Å². The van der Waals surface area contributed by atoms with E-state index in [0.717, 1.165) is 0 Å². The average Bonchev–Trinajstić information content (AvgIpc) is 2.83. The van der Waals surface area contributed by atoms with E-state index < -0.39 is 11.5 Å². The van der Waals surface area contributed by atoms with Crippen LogP contribution in [0.2, 0.25) is 5.02 Å². The monoisotopic (exact) mass is 282 g/mol. The number of rotatable bonds is 3. The van der Waals surface area contributed by atoms with Gasteiger partial charge in [0.15, 0.2) is 0 Å². The summed E-state index contributed by atoms with van der Waals surface area (Å²) in [4.78, 5) is 29.3. The molecule has 1 amide bonds. The average molecular weight is 283 g/mol. The van der Waals surface area contributed by atoms with Gasteiger partial charge in [0.1, 0.15) is 5.54 Å². The summed E-state index contributed by atoms with van der Waals surface area (Å²) in [5.41, 5.74) is -0.804. The lowest BCUT2D eigenvalue weighted by atomic mass is 9.92. The predicted octanol–water partition coefficient (Wildman–Crippen LogP) is 2.20. The Morgan fingerprint density at radius 3 is 2.89 bits per heavy atom. The molecular weight excluding hydrogens is 268 g/mol. The second kappa shape index (κ2) is 5.17. The van der Waals surface area contributed by atoms with Crippen LogP contribution in [0.15, 0.2) is 18.5 Å². The molecule has 2 rings (SSSR count). The molecule has 0 spiro atoms. The van der Waals surface area contributed by atoms with Crippen LogP contribution in [-0.2, 0) is 4.79 Å². The maximum absolute atomic E-state index is 12.5. The number of hydrogen-bond acceptors (Lipinski definition) is 3. The first-order valence-corrected chi connectivity index (χ1v) is 6.55. The van der Waals surface area contributed by atoms with Crippen LogP contribution in [0, 0.1) is 0 Å². The maximum atomic E-state index is 12.5. The molecule has 1 unspecified atom stereocenters. The number of nitrogens with zero attached hydrogens (tertiary/aromatic N) is 2. The van der Waals surface area contributed by atoms with Crippen LogP contribution in [0.3, 0.4) is 0 Å². The molecule has 0 bridgehead atoms. The van der Waals surface area contributed by atoms with Crippen LogP contribution in [0.1, 0.15) is 36.5 Å². The van der Waals surface area contributed by atoms with Gasteiger partial charge >= 0.3 is 5.97 Å². The molecule has 1 aromatic rings. The molecule has 19 heavy (non-hydrogen) atoms. The molecule has 6 heteroatoms. The van der Waals surface area contributed by atoms with Crippen molar-refractivity contribution in [2.75, 3.05) is 6.54 Å². The summed E-state index contributed by atoms with van der Waals surface area (Å²) in [6.45, 7) is 2.23. The highest BCUT2D eigenvalue weighted by atomic mass is 35.5. The van der Waals surface area contributed by atoms with Gasteiger partial charge in [0.2, 0.25) is 0 Å². The van der Waals surface area contributed by atoms with Gasteiger partial charge in [-0.2, -0.15) is 0 Å². The highest BCUT2D eigenvalue weighted by molar-refractivity contribution is 6.33. The Morgan fingerprint density at radius 1 is 1.58 bits per heavy atom. The molecular formula is C13H15ClN2O3. The largest absolute Gasteiger partial charge is 0.479 e. The normalized spacial score (nSPS) is 22.5. The van der Waals surface area contributed by atoms with Crippen molar-refractivity contribution in [1.29, 1.82) is 0 Å². The Hall–Kier alpha value is -1.62. The molecule has 102 valence electrons. The fraction of sp³-hybridized carbons (Fsp3) is 0.462. The third-order valence-corrected chi connectivity index (χ3v) is 4.02. The van der Waals surface area contributed by atoms with Gasteiger partial charge in [-0.25, -0.2) is 4.79 Å². The van der Waals surface area contributed by atoms with E-state index in [1.807, 2.05) is 0 Å². The summed E-state index contributed by atoms with van der Waals surface area (Å²) in [5.74, 6) is -1.29. The second-order valence-electron chi connectivity index (χ2n) is 4.61. The summed E-state index contributed by atoms with van der Waals surface area (Å²) in [7, 11) is 0. The number of aromatic nitrogens is 1. The smallest absolute Gasteiger partial charge is 0.329 e. The molecule has 0 saturated carbocycles. The molecule has 1 aliphatic rings. The lowest BCUT2D eigenvalue weighted by Gasteiger charge is -2.34. The zero-order valence-corrected chi connectivity index (χ0v) is 11.4. The van der Waals surface area contributed by atoms with Crippen LogP contribution >= 0.6 is 11.6 Å². The first kappa shape index (κ1) is 13.8. The van der Waals surface area contributed by atoms with Gasteiger partial charge in [-0.1, -0.05) is 18.5 Å². The number of aliphatic carboxylic acids is 1. The molecule has 2 heterocycles. The molecule has 0 aliphatic carbocycles. The zero-order valence-electron chi connectivity index (χ0n) is 10.6. The quantitative estimate of drug-likeness (QED) is 0.923. The number of carboxylic acid groups (broad SMARTS) is 1. The van der Waals surface area contributed by atoms with E-state index in [1.54, 1.807) is 6.92 Å². The number of likely N-dealkylation sites (tertiary alicyclic amines) is 1. The molecule has 0 aromatic carbocycles. The van der Waals surface area contributed by atoms with E-state index >= 15 is 0 Å². The van der Waals surface area contributed by atoms with Crippen molar-refractivity contribution < 1.29 is 14.7 Å². The molecule has 1 aromatic heterocycles. The highest BCUT2D eigenvalue weighted by Gasteiger charge is 2.48. The Morgan fingerprint density at radius 2 is 2.32 bits per heavy atom. The minimum absolute atomic E-state index is 0.245. The lowest BCUT2D eigenvalue weighted by Crippen LogP contribution is -2.52. The number of halogens is 1. The first-order valence-electron chi connectivity index (χ1n) is 6.18. The van der Waals surface area contributed by atoms with E-state index in [9.17, 15) is 14.7 Å². The molecule has 1 atom stereocenters. The molecule has 1 N–H and O–H groups in total. The third-order valence-electron chi connectivity index (χ3n) is 3.72. The minimum Gasteiger partial charge on any atom is -0.479 e. The topological polar surface area (TPSA) is 70.5 Å². The number of hydrogen-bond donors (Lipinski definition) is 1. The van der Waals surface area contributed by atoms with Gasteiger partial charge in [0.25, 0.3) is 5.91 Å². The fourth-order valence-electron chi connectivity index (χ4n) is 2.61. The standard InChI is InChI=1S/C13H15ClN2O3/c1-2-13(12(18)19)5-3-7-16(13)11(17)9-4-6-15-8-10(9)14/h4,6,8H,2-3,5,7H2,1H3,(H,18,19). The van der Waals surface area contributed by atoms with Crippen molar-refractivity contribution in [2.24, 2.45) is 0 Å². The maximum Gasteiger partial charge on any atom is 0.329 e. The van der Waals surface area contributed by atoms with E-state index in [-0.39, 0.29) is 10.9 Å². The number of carboxylic acids is 1. The summed E-state index contributed by atoms with van der Waals surface area (Å²) in [6, 6.07) is 1.52. The summed E-state index contributed by atoms with van der Waals surface area (Å²) >= 11 is 5.96. The second-order valence-corrected chi connectivity index (χ2v) is 5.01. The number of carbonyl (C=O) groups is 2. The van der Waals surface area contributed by atoms with Crippen LogP contribution in [-0.4, -0.2) is 39.0 Å². The van der Waals surface area contributed by atoms with Crippen molar-refractivity contribution in [3.8, 4) is 0 Å². The van der Waals surface area contributed by atoms with Gasteiger partial charge in [0.05, 0.1) is 10.6 Å². The molecule has 5 nitrogen and oxygen atoms in total. The minimum atomic E-state index is -1.11. The van der Waals surface area contributed by atoms with E-state index in [4.69, 9.17) is 11.6 Å². The summed E-state index contributed by atoms with van der Waals surface area (Å²) in [6.07, 6.45) is 4.42. The molecule has 0 radical (unpaired) electrons. The Kier molecular flexibility index (Phi) is 3.75. The van der Waals surface area contributed by atoms with Gasteiger partial charge in [-0.3, -0.25) is 9.78 Å². The van der Waals surface area contributed by atoms with Gasteiger partial charge in [0, 0.05) is 18.9 Å². The summed E-state index contributed by atoms with van der Waals surface area (Å²) in [5, 5.41) is 9.71. The molecule has 1 saturated heterocycles. The zero-order chi connectivity index (χ0) is 14.0. The van der Waals surface area contributed by atoms with Crippen LogP contribution < -0.4 is 0 Å². The van der Waals surface area contributed by atoms with Crippen LogP contribution in [0.25, 0.3) is 0 Å². The SMILES string of the molecule is CCC1(C(=O)O)CCCN1C(=O)c1ccncc1Cl.